The van der Waals surface area contributed by atoms with E-state index in [-0.39, 0.29) is 31.2 Å². The van der Waals surface area contributed by atoms with Crippen molar-refractivity contribution in [2.24, 2.45) is 5.41 Å². The van der Waals surface area contributed by atoms with Crippen molar-refractivity contribution in [1.29, 1.82) is 0 Å². The molecule has 3 aliphatic heterocycles. The quantitative estimate of drug-likeness (QED) is 0.444. The average molecular weight is 621 g/mol. The van der Waals surface area contributed by atoms with Crippen molar-refractivity contribution in [2.75, 3.05) is 57.4 Å². The van der Waals surface area contributed by atoms with E-state index in [0.29, 0.717) is 69.9 Å². The van der Waals surface area contributed by atoms with Crippen molar-refractivity contribution >= 4 is 17.9 Å². The fourth-order valence-electron chi connectivity index (χ4n) is 5.42. The highest BCUT2D eigenvalue weighted by atomic mass is 19.4. The maximum Gasteiger partial charge on any atom is 0.434 e. The van der Waals surface area contributed by atoms with Gasteiger partial charge in [-0.1, -0.05) is 0 Å². The molecule has 3 saturated heterocycles. The van der Waals surface area contributed by atoms with Crippen LogP contribution in [0.5, 0.6) is 0 Å². The van der Waals surface area contributed by atoms with Crippen molar-refractivity contribution in [3.8, 4) is 0 Å². The Morgan fingerprint density at radius 2 is 1.43 bits per heavy atom. The molecule has 0 saturated carbocycles. The molecule has 1 aromatic carbocycles. The van der Waals surface area contributed by atoms with E-state index in [1.165, 1.54) is 0 Å². The molecule has 4 rings (SSSR count). The Bertz CT molecular complexity index is 1090. The smallest absolute Gasteiger partial charge is 0.426 e. The number of rotatable bonds is 4. The highest BCUT2D eigenvalue weighted by Crippen LogP contribution is 2.42. The van der Waals surface area contributed by atoms with Crippen LogP contribution in [-0.2, 0) is 31.8 Å². The number of anilines is 1. The molecule has 17 heteroatoms. The Balaban J connectivity index is 0.00000155. The summed E-state index contributed by atoms with van der Waals surface area (Å²) in [6.07, 6.45) is -20.5. The SMILES string of the molecule is O=C(OC(C(F)(F)F)C(F)(F)F)N1CCC2(CCN(Cc3cc(N4CCOCC4)cc(C(F)(F)F)c3)C2)CC1.O=C=O. The Hall–Kier alpha value is -3.04. The lowest BCUT2D eigenvalue weighted by Crippen LogP contribution is -2.50. The monoisotopic (exact) mass is 621 g/mol. The highest BCUT2D eigenvalue weighted by molar-refractivity contribution is 5.68. The van der Waals surface area contributed by atoms with Crippen LogP contribution >= 0.6 is 0 Å². The molecule has 0 aliphatic carbocycles. The molecular formula is C25H28F9N3O5. The van der Waals surface area contributed by atoms with Crippen molar-refractivity contribution in [1.82, 2.24) is 9.80 Å². The Kier molecular flexibility index (Phi) is 10.4. The van der Waals surface area contributed by atoms with Gasteiger partial charge in [0.15, 0.2) is 0 Å². The number of benzene rings is 1. The second-order valence-corrected chi connectivity index (χ2v) is 10.4. The first-order chi connectivity index (χ1) is 19.5. The molecule has 0 N–H and O–H groups in total. The van der Waals surface area contributed by atoms with Gasteiger partial charge >= 0.3 is 30.8 Å². The molecular weight excluding hydrogens is 593 g/mol. The minimum atomic E-state index is -5.79. The van der Waals surface area contributed by atoms with Gasteiger partial charge < -0.3 is 19.3 Å². The minimum absolute atomic E-state index is 0.0835. The summed E-state index contributed by atoms with van der Waals surface area (Å²) in [5.74, 6) is 0. The molecule has 0 unspecified atom stereocenters. The van der Waals surface area contributed by atoms with E-state index in [9.17, 15) is 44.3 Å². The first kappa shape index (κ1) is 33.5. The molecule has 42 heavy (non-hydrogen) atoms. The number of amides is 1. The molecule has 8 nitrogen and oxygen atoms in total. The summed E-state index contributed by atoms with van der Waals surface area (Å²) in [4.78, 5) is 33.0. The Morgan fingerprint density at radius 3 is 1.95 bits per heavy atom. The number of carbonyl (C=O) groups is 1. The maximum absolute atomic E-state index is 13.6. The summed E-state index contributed by atoms with van der Waals surface area (Å²) < 4.78 is 126. The second-order valence-electron chi connectivity index (χ2n) is 10.4. The predicted octanol–water partition coefficient (Wildman–Crippen LogP) is 4.88. The summed E-state index contributed by atoms with van der Waals surface area (Å²) in [5, 5.41) is 0. The number of hydrogen-bond acceptors (Lipinski definition) is 7. The lowest BCUT2D eigenvalue weighted by Gasteiger charge is -2.39. The number of morpholine rings is 1. The molecule has 0 aromatic heterocycles. The van der Waals surface area contributed by atoms with Crippen LogP contribution in [0.2, 0.25) is 0 Å². The van der Waals surface area contributed by atoms with E-state index in [0.717, 1.165) is 17.0 Å². The Morgan fingerprint density at radius 1 is 0.881 bits per heavy atom. The average Bonchev–Trinajstić information content (AvgIpc) is 3.28. The first-order valence-corrected chi connectivity index (χ1v) is 12.8. The van der Waals surface area contributed by atoms with Crippen LogP contribution in [0.3, 0.4) is 0 Å². The standard InChI is InChI=1S/C24H28F9N3O3.CO2/c25-22(26,27)17-11-16(12-18(13-17)35-7-9-38-10-8-35)14-34-4-1-21(15-34)2-5-36(6-3-21)20(37)39-19(23(28,29)30)24(31,32)33;2-1-3/h11-13,19H,1-10,14-15H2;. The fourth-order valence-corrected chi connectivity index (χ4v) is 5.42. The highest BCUT2D eigenvalue weighted by Gasteiger charge is 2.60. The minimum Gasteiger partial charge on any atom is -0.426 e. The van der Waals surface area contributed by atoms with E-state index in [2.05, 4.69) is 4.74 Å². The third kappa shape index (κ3) is 8.74. The summed E-state index contributed by atoms with van der Waals surface area (Å²) in [7, 11) is 0. The van der Waals surface area contributed by atoms with Gasteiger partial charge in [0.2, 0.25) is 0 Å². The largest absolute Gasteiger partial charge is 0.434 e. The number of hydrogen-bond donors (Lipinski definition) is 0. The third-order valence-electron chi connectivity index (χ3n) is 7.50. The van der Waals surface area contributed by atoms with E-state index in [1.54, 1.807) is 6.07 Å². The number of nitrogens with zero attached hydrogens (tertiary/aromatic N) is 3. The normalized spacial score (nSPS) is 19.9. The van der Waals surface area contributed by atoms with E-state index in [1.807, 2.05) is 9.80 Å². The maximum atomic E-state index is 13.6. The third-order valence-corrected chi connectivity index (χ3v) is 7.50. The molecule has 3 heterocycles. The van der Waals surface area contributed by atoms with Gasteiger partial charge in [-0.25, -0.2) is 4.79 Å². The number of carbonyl (C=O) groups excluding carboxylic acids is 3. The van der Waals surface area contributed by atoms with Crippen LogP contribution in [0, 0.1) is 5.41 Å². The summed E-state index contributed by atoms with van der Waals surface area (Å²) in [6, 6.07) is 3.96. The van der Waals surface area contributed by atoms with Crippen LogP contribution in [0.15, 0.2) is 18.2 Å². The predicted molar refractivity (Wildman–Crippen MR) is 125 cm³/mol. The number of likely N-dealkylation sites (tertiary alicyclic amines) is 2. The molecule has 0 bridgehead atoms. The van der Waals surface area contributed by atoms with Gasteiger partial charge in [-0.2, -0.15) is 49.1 Å². The van der Waals surface area contributed by atoms with Crippen LogP contribution in [0.1, 0.15) is 30.4 Å². The fraction of sp³-hybridized carbons (Fsp3) is 0.680. The van der Waals surface area contributed by atoms with Crippen LogP contribution < -0.4 is 4.90 Å². The van der Waals surface area contributed by atoms with Gasteiger partial charge in [-0.3, -0.25) is 4.90 Å². The van der Waals surface area contributed by atoms with E-state index < -0.39 is 36.3 Å². The second kappa shape index (κ2) is 13.1. The molecule has 236 valence electrons. The Labute approximate surface area is 234 Å². The van der Waals surface area contributed by atoms with Gasteiger partial charge in [0, 0.05) is 45.0 Å². The summed E-state index contributed by atoms with van der Waals surface area (Å²) >= 11 is 0. The van der Waals surface area contributed by atoms with Crippen molar-refractivity contribution in [2.45, 2.75) is 50.4 Å². The topological polar surface area (TPSA) is 79.4 Å². The molecule has 1 aromatic rings. The first-order valence-electron chi connectivity index (χ1n) is 12.8. The number of piperidine rings is 1. The van der Waals surface area contributed by atoms with Gasteiger partial charge in [-0.05, 0) is 55.0 Å². The molecule has 3 aliphatic rings. The van der Waals surface area contributed by atoms with Crippen LogP contribution in [0.25, 0.3) is 0 Å². The van der Waals surface area contributed by atoms with Crippen LogP contribution in [0.4, 0.5) is 50.0 Å². The van der Waals surface area contributed by atoms with Gasteiger partial charge in [0.1, 0.15) is 0 Å². The number of alkyl halides is 9. The molecule has 3 fully saturated rings. The number of halogens is 9. The molecule has 1 spiro atoms. The van der Waals surface area contributed by atoms with Gasteiger partial charge in [-0.15, -0.1) is 0 Å². The molecule has 0 atom stereocenters. The van der Waals surface area contributed by atoms with Crippen LogP contribution in [-0.4, -0.2) is 93.0 Å². The zero-order chi connectivity index (χ0) is 31.3. The number of ether oxygens (including phenoxy) is 2. The molecule has 0 radical (unpaired) electrons. The van der Waals surface area contributed by atoms with Crippen molar-refractivity contribution in [3.05, 3.63) is 29.3 Å². The molecule has 1 amide bonds. The van der Waals surface area contributed by atoms with Gasteiger partial charge in [0.25, 0.3) is 6.10 Å². The van der Waals surface area contributed by atoms with Crippen molar-refractivity contribution < 1.29 is 63.4 Å². The van der Waals surface area contributed by atoms with Gasteiger partial charge in [0.05, 0.1) is 18.8 Å². The zero-order valence-electron chi connectivity index (χ0n) is 22.1. The van der Waals surface area contributed by atoms with E-state index in [4.69, 9.17) is 14.3 Å². The lowest BCUT2D eigenvalue weighted by atomic mass is 9.78. The van der Waals surface area contributed by atoms with Crippen molar-refractivity contribution in [3.63, 3.8) is 0 Å². The summed E-state index contributed by atoms with van der Waals surface area (Å²) in [6.45, 7) is 2.88. The summed E-state index contributed by atoms with van der Waals surface area (Å²) in [5.41, 5.74) is -0.160. The lowest BCUT2D eigenvalue weighted by molar-refractivity contribution is -0.308. The van der Waals surface area contributed by atoms with E-state index >= 15 is 0 Å². The zero-order valence-corrected chi connectivity index (χ0v) is 22.1.